The largest absolute Gasteiger partial charge is 0.323 e. The van der Waals surface area contributed by atoms with Crippen molar-refractivity contribution < 1.29 is 9.18 Å². The minimum Gasteiger partial charge on any atom is -0.323 e. The molecule has 1 aromatic heterocycles. The number of rotatable bonds is 5. The Labute approximate surface area is 172 Å². The Kier molecular flexibility index (Phi) is 5.53. The molecule has 1 unspecified atom stereocenters. The molecule has 0 bridgehead atoms. The average Bonchev–Trinajstić information content (AvgIpc) is 2.75. The van der Waals surface area contributed by atoms with Gasteiger partial charge in [-0.05, 0) is 25.1 Å². The van der Waals surface area contributed by atoms with Crippen molar-refractivity contribution in [3.63, 3.8) is 0 Å². The van der Waals surface area contributed by atoms with Crippen LogP contribution in [0.25, 0.3) is 22.3 Å². The van der Waals surface area contributed by atoms with Gasteiger partial charge in [0.25, 0.3) is 0 Å². The van der Waals surface area contributed by atoms with Crippen molar-refractivity contribution in [1.82, 2.24) is 9.97 Å². The standard InChI is InChI=1S/C23H18FN3OS/c1-15(22(28)26-20-14-8-6-12-18(20)24)29-23-17-11-5-7-13-19(17)25-21(27-23)16-9-3-2-4-10-16/h2-15H,1H3,(H,26,28). The second kappa shape index (κ2) is 8.41. The lowest BCUT2D eigenvalue weighted by molar-refractivity contribution is -0.115. The van der Waals surface area contributed by atoms with Gasteiger partial charge in [-0.1, -0.05) is 72.4 Å². The molecule has 1 atom stereocenters. The average molecular weight is 403 g/mol. The zero-order chi connectivity index (χ0) is 20.2. The summed E-state index contributed by atoms with van der Waals surface area (Å²) in [5.41, 5.74) is 1.89. The zero-order valence-electron chi connectivity index (χ0n) is 15.7. The number of benzene rings is 3. The third-order valence-corrected chi connectivity index (χ3v) is 5.49. The van der Waals surface area contributed by atoms with E-state index >= 15 is 0 Å². The van der Waals surface area contributed by atoms with Gasteiger partial charge in [-0.15, -0.1) is 0 Å². The van der Waals surface area contributed by atoms with Crippen molar-refractivity contribution in [3.05, 3.63) is 84.7 Å². The highest BCUT2D eigenvalue weighted by Crippen LogP contribution is 2.31. The van der Waals surface area contributed by atoms with Gasteiger partial charge >= 0.3 is 0 Å². The molecular weight excluding hydrogens is 385 g/mol. The number of nitrogens with one attached hydrogen (secondary N) is 1. The normalized spacial score (nSPS) is 11.9. The predicted molar refractivity (Wildman–Crippen MR) is 115 cm³/mol. The maximum absolute atomic E-state index is 13.8. The highest BCUT2D eigenvalue weighted by molar-refractivity contribution is 8.00. The smallest absolute Gasteiger partial charge is 0.237 e. The Balaban J connectivity index is 1.64. The van der Waals surface area contributed by atoms with Crippen molar-refractivity contribution in [2.75, 3.05) is 5.32 Å². The fourth-order valence-electron chi connectivity index (χ4n) is 2.87. The van der Waals surface area contributed by atoms with Crippen molar-refractivity contribution in [3.8, 4) is 11.4 Å². The van der Waals surface area contributed by atoms with E-state index in [4.69, 9.17) is 4.98 Å². The summed E-state index contributed by atoms with van der Waals surface area (Å²) >= 11 is 1.33. The molecule has 3 aromatic carbocycles. The van der Waals surface area contributed by atoms with Crippen LogP contribution >= 0.6 is 11.8 Å². The summed E-state index contributed by atoms with van der Waals surface area (Å²) in [6, 6.07) is 23.5. The maximum Gasteiger partial charge on any atom is 0.237 e. The molecule has 6 heteroatoms. The van der Waals surface area contributed by atoms with Gasteiger partial charge in [0.05, 0.1) is 16.5 Å². The van der Waals surface area contributed by atoms with Gasteiger partial charge in [0.1, 0.15) is 10.8 Å². The van der Waals surface area contributed by atoms with E-state index in [1.54, 1.807) is 19.1 Å². The van der Waals surface area contributed by atoms with Crippen LogP contribution < -0.4 is 5.32 Å². The minimum atomic E-state index is -0.475. The second-order valence-corrected chi connectivity index (χ2v) is 7.79. The van der Waals surface area contributed by atoms with Crippen LogP contribution in [-0.2, 0) is 4.79 Å². The van der Waals surface area contributed by atoms with Gasteiger partial charge in [0.2, 0.25) is 5.91 Å². The minimum absolute atomic E-state index is 0.169. The van der Waals surface area contributed by atoms with Crippen LogP contribution in [0.4, 0.5) is 10.1 Å². The Hall–Kier alpha value is -3.25. The predicted octanol–water partition coefficient (Wildman–Crippen LogP) is 5.56. The number of para-hydroxylation sites is 2. The van der Waals surface area contributed by atoms with Crippen LogP contribution in [0.5, 0.6) is 0 Å². The molecule has 4 rings (SSSR count). The number of anilines is 1. The number of hydrogen-bond acceptors (Lipinski definition) is 4. The SMILES string of the molecule is CC(Sc1nc(-c2ccccc2)nc2ccccc12)C(=O)Nc1ccccc1F. The Morgan fingerprint density at radius 1 is 0.931 bits per heavy atom. The monoisotopic (exact) mass is 403 g/mol. The van der Waals surface area contributed by atoms with Crippen LogP contribution in [0, 0.1) is 5.82 Å². The fraction of sp³-hybridized carbons (Fsp3) is 0.0870. The molecule has 1 heterocycles. The van der Waals surface area contributed by atoms with Gasteiger partial charge in [-0.2, -0.15) is 0 Å². The third-order valence-electron chi connectivity index (χ3n) is 4.39. The summed E-state index contributed by atoms with van der Waals surface area (Å²) in [6.45, 7) is 1.78. The Morgan fingerprint density at radius 2 is 1.62 bits per heavy atom. The summed E-state index contributed by atoms with van der Waals surface area (Å²) in [5.74, 6) is -0.144. The molecule has 0 radical (unpaired) electrons. The third kappa shape index (κ3) is 4.27. The summed E-state index contributed by atoms with van der Waals surface area (Å²) in [6.07, 6.45) is 0. The lowest BCUT2D eigenvalue weighted by atomic mass is 10.2. The van der Waals surface area contributed by atoms with Crippen molar-refractivity contribution in [2.24, 2.45) is 0 Å². The van der Waals surface area contributed by atoms with E-state index in [2.05, 4.69) is 10.3 Å². The molecule has 1 amide bonds. The summed E-state index contributed by atoms with van der Waals surface area (Å²) < 4.78 is 13.8. The second-order valence-electron chi connectivity index (χ2n) is 6.46. The summed E-state index contributed by atoms with van der Waals surface area (Å²) in [5, 5.41) is 3.76. The molecule has 0 aliphatic heterocycles. The van der Waals surface area contributed by atoms with Crippen molar-refractivity contribution >= 4 is 34.3 Å². The highest BCUT2D eigenvalue weighted by atomic mass is 32.2. The molecule has 0 saturated heterocycles. The van der Waals surface area contributed by atoms with Crippen LogP contribution in [0.3, 0.4) is 0 Å². The van der Waals surface area contributed by atoms with E-state index < -0.39 is 11.1 Å². The topological polar surface area (TPSA) is 54.9 Å². The molecule has 0 spiro atoms. The lowest BCUT2D eigenvalue weighted by Crippen LogP contribution is -2.23. The van der Waals surface area contributed by atoms with Crippen LogP contribution in [0.1, 0.15) is 6.92 Å². The highest BCUT2D eigenvalue weighted by Gasteiger charge is 2.19. The summed E-state index contributed by atoms with van der Waals surface area (Å²) in [7, 11) is 0. The number of nitrogens with zero attached hydrogens (tertiary/aromatic N) is 2. The van der Waals surface area contributed by atoms with Crippen LogP contribution in [0.15, 0.2) is 83.9 Å². The van der Waals surface area contributed by atoms with E-state index in [-0.39, 0.29) is 11.6 Å². The first-order valence-corrected chi connectivity index (χ1v) is 10.0. The lowest BCUT2D eigenvalue weighted by Gasteiger charge is -2.14. The molecule has 4 aromatic rings. The number of thioether (sulfide) groups is 1. The number of aromatic nitrogens is 2. The number of fused-ring (bicyclic) bond motifs is 1. The first kappa shape index (κ1) is 19.1. The van der Waals surface area contributed by atoms with Crippen LogP contribution in [0.2, 0.25) is 0 Å². The zero-order valence-corrected chi connectivity index (χ0v) is 16.5. The molecular formula is C23H18FN3OS. The fourth-order valence-corrected chi connectivity index (χ4v) is 3.81. The molecule has 4 nitrogen and oxygen atoms in total. The maximum atomic E-state index is 13.8. The van der Waals surface area contributed by atoms with E-state index in [1.807, 2.05) is 54.6 Å². The Morgan fingerprint density at radius 3 is 2.41 bits per heavy atom. The van der Waals surface area contributed by atoms with E-state index in [0.29, 0.717) is 10.9 Å². The van der Waals surface area contributed by atoms with Gasteiger partial charge in [-0.25, -0.2) is 14.4 Å². The number of halogens is 1. The molecule has 0 saturated carbocycles. The van der Waals surface area contributed by atoms with Gasteiger partial charge in [0, 0.05) is 10.9 Å². The summed E-state index contributed by atoms with van der Waals surface area (Å²) in [4.78, 5) is 22.0. The number of amides is 1. The van der Waals surface area contributed by atoms with Gasteiger partial charge in [0.15, 0.2) is 5.82 Å². The van der Waals surface area contributed by atoms with Gasteiger partial charge in [-0.3, -0.25) is 4.79 Å². The van der Waals surface area contributed by atoms with Crippen molar-refractivity contribution in [1.29, 1.82) is 0 Å². The van der Waals surface area contributed by atoms with Crippen LogP contribution in [-0.4, -0.2) is 21.1 Å². The van der Waals surface area contributed by atoms with E-state index in [9.17, 15) is 9.18 Å². The molecule has 1 N–H and O–H groups in total. The molecule has 29 heavy (non-hydrogen) atoms. The quantitative estimate of drug-likeness (QED) is 0.350. The number of carbonyl (C=O) groups is 1. The number of hydrogen-bond donors (Lipinski definition) is 1. The molecule has 0 aliphatic rings. The van der Waals surface area contributed by atoms with Gasteiger partial charge < -0.3 is 5.32 Å². The molecule has 0 aliphatic carbocycles. The number of carbonyl (C=O) groups excluding carboxylic acids is 1. The van der Waals surface area contributed by atoms with Crippen molar-refractivity contribution in [2.45, 2.75) is 17.2 Å². The Bertz CT molecular complexity index is 1170. The first-order chi connectivity index (χ1) is 14.1. The van der Waals surface area contributed by atoms with E-state index in [0.717, 1.165) is 16.5 Å². The molecule has 144 valence electrons. The van der Waals surface area contributed by atoms with E-state index in [1.165, 1.54) is 23.9 Å². The molecule has 0 fully saturated rings. The first-order valence-electron chi connectivity index (χ1n) is 9.16.